The molecule has 3 rings (SSSR count). The molecule has 1 saturated carbocycles. The van der Waals surface area contributed by atoms with Gasteiger partial charge < -0.3 is 4.74 Å². The van der Waals surface area contributed by atoms with E-state index >= 15 is 0 Å². The molecule has 1 aromatic heterocycles. The fourth-order valence-electron chi connectivity index (χ4n) is 5.18. The third kappa shape index (κ3) is 8.95. The lowest BCUT2D eigenvalue weighted by Crippen LogP contribution is -2.28. The summed E-state index contributed by atoms with van der Waals surface area (Å²) in [4.78, 5) is 9.15. The molecule has 0 atom stereocenters. The summed E-state index contributed by atoms with van der Waals surface area (Å²) < 4.78 is 6.12. The number of nitriles is 1. The van der Waals surface area contributed by atoms with Crippen molar-refractivity contribution < 1.29 is 4.74 Å². The molecule has 35 heavy (non-hydrogen) atoms. The van der Waals surface area contributed by atoms with E-state index < -0.39 is 0 Å². The minimum Gasteiger partial charge on any atom is -0.493 e. The van der Waals surface area contributed by atoms with Crippen molar-refractivity contribution in [2.75, 3.05) is 6.61 Å². The van der Waals surface area contributed by atoms with Crippen molar-refractivity contribution in [3.05, 3.63) is 42.2 Å². The monoisotopic (exact) mass is 475 g/mol. The van der Waals surface area contributed by atoms with Crippen molar-refractivity contribution in [3.8, 4) is 23.2 Å². The van der Waals surface area contributed by atoms with E-state index in [1.165, 1.54) is 63.4 Å². The maximum Gasteiger partial charge on any atom is 0.159 e. The zero-order valence-corrected chi connectivity index (χ0v) is 22.1. The van der Waals surface area contributed by atoms with Gasteiger partial charge in [-0.05, 0) is 80.7 Å². The predicted octanol–water partition coefficient (Wildman–Crippen LogP) is 8.71. The first kappa shape index (κ1) is 27.2. The molecule has 1 heterocycles. The Morgan fingerprint density at radius 3 is 2.14 bits per heavy atom. The fourth-order valence-corrected chi connectivity index (χ4v) is 5.18. The first-order valence-corrected chi connectivity index (χ1v) is 14.1. The zero-order valence-electron chi connectivity index (χ0n) is 22.1. The van der Waals surface area contributed by atoms with Gasteiger partial charge in [-0.25, -0.2) is 9.97 Å². The molecule has 0 spiro atoms. The summed E-state index contributed by atoms with van der Waals surface area (Å²) in [7, 11) is 0. The molecule has 0 N–H and O–H groups in total. The van der Waals surface area contributed by atoms with Crippen LogP contribution < -0.4 is 4.74 Å². The second kappa shape index (κ2) is 14.9. The van der Waals surface area contributed by atoms with E-state index in [1.54, 1.807) is 0 Å². The van der Waals surface area contributed by atoms with E-state index in [4.69, 9.17) is 4.74 Å². The van der Waals surface area contributed by atoms with Gasteiger partial charge >= 0.3 is 0 Å². The molecule has 1 aliphatic rings. The quantitative estimate of drug-likeness (QED) is 0.242. The minimum absolute atomic E-state index is 0.0879. The number of ether oxygens (including phenoxy) is 1. The Kier molecular flexibility index (Phi) is 11.5. The topological polar surface area (TPSA) is 58.8 Å². The fraction of sp³-hybridized carbons (Fsp3) is 0.645. The van der Waals surface area contributed by atoms with Crippen molar-refractivity contribution in [2.45, 2.75) is 110 Å². The van der Waals surface area contributed by atoms with Gasteiger partial charge in [0.15, 0.2) is 5.82 Å². The van der Waals surface area contributed by atoms with Gasteiger partial charge in [0.2, 0.25) is 0 Å². The van der Waals surface area contributed by atoms with Crippen LogP contribution in [0.2, 0.25) is 0 Å². The predicted molar refractivity (Wildman–Crippen MR) is 144 cm³/mol. The van der Waals surface area contributed by atoms with Crippen LogP contribution in [0.1, 0.15) is 109 Å². The Labute approximate surface area is 213 Å². The summed E-state index contributed by atoms with van der Waals surface area (Å²) in [6, 6.07) is 10.8. The SMILES string of the molecule is CCCCCCC[C@]1(C#N)CC[C@H](COc2ccc(-c3ncc(CCCCCC)cn3)cc2)CC1. The molecular weight excluding hydrogens is 430 g/mol. The van der Waals surface area contributed by atoms with E-state index in [1.807, 2.05) is 36.7 Å². The third-order valence-electron chi connectivity index (χ3n) is 7.68. The van der Waals surface area contributed by atoms with Gasteiger partial charge in [-0.1, -0.05) is 65.2 Å². The Bertz CT molecular complexity index is 877. The Morgan fingerprint density at radius 2 is 1.51 bits per heavy atom. The molecule has 0 bridgehead atoms. The number of nitrogens with zero attached hydrogens (tertiary/aromatic N) is 3. The molecule has 4 nitrogen and oxygen atoms in total. The molecule has 0 saturated heterocycles. The number of hydrogen-bond donors (Lipinski definition) is 0. The van der Waals surface area contributed by atoms with Crippen molar-refractivity contribution in [2.24, 2.45) is 11.3 Å². The Balaban J connectivity index is 1.40. The molecule has 0 radical (unpaired) electrons. The van der Waals surface area contributed by atoms with Crippen LogP contribution in [0.3, 0.4) is 0 Å². The highest BCUT2D eigenvalue weighted by Crippen LogP contribution is 2.42. The number of aryl methyl sites for hydroxylation is 1. The van der Waals surface area contributed by atoms with E-state index in [9.17, 15) is 5.26 Å². The van der Waals surface area contributed by atoms with Crippen LogP contribution in [0.15, 0.2) is 36.7 Å². The molecule has 0 aliphatic heterocycles. The molecule has 4 heteroatoms. The molecule has 1 aliphatic carbocycles. The van der Waals surface area contributed by atoms with Crippen molar-refractivity contribution >= 4 is 0 Å². The standard InChI is InChI=1S/C31H45N3O/c1-3-5-7-9-11-19-31(25-32)20-17-26(18-21-31)24-35-29-15-13-28(14-16-29)30-33-22-27(23-34-30)12-10-8-6-4-2/h13-16,22-23,26H,3-12,17-21,24H2,1-2H3/t26-,31-. The van der Waals surface area contributed by atoms with Crippen LogP contribution in [0.5, 0.6) is 5.75 Å². The lowest BCUT2D eigenvalue weighted by molar-refractivity contribution is 0.144. The molecule has 190 valence electrons. The van der Waals surface area contributed by atoms with Crippen LogP contribution >= 0.6 is 0 Å². The third-order valence-corrected chi connectivity index (χ3v) is 7.68. The molecule has 2 aromatic rings. The normalized spacial score (nSPS) is 19.9. The van der Waals surface area contributed by atoms with Crippen molar-refractivity contribution in [1.29, 1.82) is 5.26 Å². The number of aromatic nitrogens is 2. The molecular formula is C31H45N3O. The van der Waals surface area contributed by atoms with Crippen LogP contribution in [0.25, 0.3) is 11.4 Å². The molecule has 0 unspecified atom stereocenters. The van der Waals surface area contributed by atoms with Gasteiger partial charge in [0.25, 0.3) is 0 Å². The van der Waals surface area contributed by atoms with Gasteiger partial charge in [-0.2, -0.15) is 5.26 Å². The van der Waals surface area contributed by atoms with E-state index in [2.05, 4.69) is 29.9 Å². The van der Waals surface area contributed by atoms with Crippen molar-refractivity contribution in [3.63, 3.8) is 0 Å². The lowest BCUT2D eigenvalue weighted by Gasteiger charge is -2.35. The Hall–Kier alpha value is -2.41. The van der Waals surface area contributed by atoms with Crippen LogP contribution in [0, 0.1) is 22.7 Å². The van der Waals surface area contributed by atoms with Crippen LogP contribution in [-0.4, -0.2) is 16.6 Å². The number of rotatable bonds is 15. The van der Waals surface area contributed by atoms with Crippen LogP contribution in [-0.2, 0) is 6.42 Å². The highest BCUT2D eigenvalue weighted by atomic mass is 16.5. The van der Waals surface area contributed by atoms with E-state index in [0.29, 0.717) is 5.92 Å². The summed E-state index contributed by atoms with van der Waals surface area (Å²) in [6.07, 6.45) is 21.7. The maximum absolute atomic E-state index is 9.84. The van der Waals surface area contributed by atoms with E-state index in [-0.39, 0.29) is 5.41 Å². The molecule has 1 aromatic carbocycles. The van der Waals surface area contributed by atoms with Gasteiger partial charge in [0.1, 0.15) is 5.75 Å². The van der Waals surface area contributed by atoms with Crippen molar-refractivity contribution in [1.82, 2.24) is 9.97 Å². The number of hydrogen-bond acceptors (Lipinski definition) is 4. The van der Waals surface area contributed by atoms with Crippen LogP contribution in [0.4, 0.5) is 0 Å². The van der Waals surface area contributed by atoms with Gasteiger partial charge in [-0.15, -0.1) is 0 Å². The van der Waals surface area contributed by atoms with E-state index in [0.717, 1.165) is 62.3 Å². The maximum atomic E-state index is 9.84. The Morgan fingerprint density at radius 1 is 0.886 bits per heavy atom. The van der Waals surface area contributed by atoms with Gasteiger partial charge in [-0.3, -0.25) is 0 Å². The smallest absolute Gasteiger partial charge is 0.159 e. The minimum atomic E-state index is -0.0879. The highest BCUT2D eigenvalue weighted by molar-refractivity contribution is 5.55. The largest absolute Gasteiger partial charge is 0.493 e. The summed E-state index contributed by atoms with van der Waals surface area (Å²) in [5, 5.41) is 9.84. The zero-order chi connectivity index (χ0) is 24.8. The summed E-state index contributed by atoms with van der Waals surface area (Å²) in [6.45, 7) is 5.22. The average molecular weight is 476 g/mol. The first-order valence-electron chi connectivity index (χ1n) is 14.1. The lowest BCUT2D eigenvalue weighted by atomic mass is 9.69. The number of benzene rings is 1. The summed E-state index contributed by atoms with van der Waals surface area (Å²) in [5.41, 5.74) is 2.15. The number of unbranched alkanes of at least 4 members (excludes halogenated alkanes) is 7. The average Bonchev–Trinajstić information content (AvgIpc) is 2.91. The molecule has 0 amide bonds. The van der Waals surface area contributed by atoms with Gasteiger partial charge in [0, 0.05) is 18.0 Å². The second-order valence-electron chi connectivity index (χ2n) is 10.6. The summed E-state index contributed by atoms with van der Waals surface area (Å²) >= 11 is 0. The summed E-state index contributed by atoms with van der Waals surface area (Å²) in [5.74, 6) is 2.21. The molecule has 1 fully saturated rings. The van der Waals surface area contributed by atoms with Gasteiger partial charge in [0.05, 0.1) is 18.1 Å². The second-order valence-corrected chi connectivity index (χ2v) is 10.6. The first-order chi connectivity index (χ1) is 17.2. The highest BCUT2D eigenvalue weighted by Gasteiger charge is 2.35.